The molecule has 0 aromatic carbocycles. The van der Waals surface area contributed by atoms with Crippen LogP contribution in [-0.2, 0) is 0 Å². The summed E-state index contributed by atoms with van der Waals surface area (Å²) in [6, 6.07) is 0. The fourth-order valence-corrected chi connectivity index (χ4v) is 5.37. The Labute approximate surface area is 145 Å². The van der Waals surface area contributed by atoms with E-state index in [4.69, 9.17) is 0 Å². The molecule has 0 heterocycles. The minimum absolute atomic E-state index is 0.243. The van der Waals surface area contributed by atoms with Gasteiger partial charge in [0, 0.05) is 5.41 Å². The number of allylic oxidation sites excluding steroid dienone is 4. The van der Waals surface area contributed by atoms with Crippen molar-refractivity contribution >= 4 is 0 Å². The van der Waals surface area contributed by atoms with Crippen LogP contribution in [0, 0.1) is 11.3 Å². The predicted octanol–water partition coefficient (Wildman–Crippen LogP) is 3.65. The quantitative estimate of drug-likeness (QED) is 0.723. The number of fused-ring (bicyclic) bond motifs is 1. The van der Waals surface area contributed by atoms with Crippen LogP contribution in [0.15, 0.2) is 35.5 Å². The zero-order valence-corrected chi connectivity index (χ0v) is 15.1. The van der Waals surface area contributed by atoms with Crippen molar-refractivity contribution in [3.8, 4) is 0 Å². The molecular formula is C21H32O3. The number of hydrogen-bond donors (Lipinski definition) is 3. The summed E-state index contributed by atoms with van der Waals surface area (Å²) in [4.78, 5) is 0. The summed E-state index contributed by atoms with van der Waals surface area (Å²) in [6.07, 6.45) is 10.5. The number of rotatable bonds is 2. The lowest BCUT2D eigenvalue weighted by molar-refractivity contribution is -0.143. The van der Waals surface area contributed by atoms with Crippen molar-refractivity contribution in [2.45, 2.75) is 83.0 Å². The van der Waals surface area contributed by atoms with Gasteiger partial charge in [-0.2, -0.15) is 0 Å². The van der Waals surface area contributed by atoms with Crippen LogP contribution >= 0.6 is 0 Å². The Morgan fingerprint density at radius 2 is 1.96 bits per heavy atom. The normalized spacial score (nSPS) is 44.8. The van der Waals surface area contributed by atoms with Gasteiger partial charge in [-0.3, -0.25) is 0 Å². The lowest BCUT2D eigenvalue weighted by Gasteiger charge is -2.48. The van der Waals surface area contributed by atoms with Crippen LogP contribution in [0.2, 0.25) is 0 Å². The van der Waals surface area contributed by atoms with Crippen LogP contribution in [0.5, 0.6) is 0 Å². The van der Waals surface area contributed by atoms with Gasteiger partial charge in [0.05, 0.1) is 17.8 Å². The standard InChI is InChI=1S/C21H32O3/c1-14-6-9-18(23)13-17(14)8-7-16-5-4-11-20(3)19(16)10-12-21(20,24)15(2)22/h7-8,15,18-19,22-24H,1,4-6,9-13H2,2-3H3/b16-7+,17-8-/t15-,18-,19-,20-,21-/m0/s1. The molecule has 3 aliphatic carbocycles. The first-order chi connectivity index (χ1) is 11.3. The molecule has 0 aliphatic heterocycles. The molecule has 0 amide bonds. The van der Waals surface area contributed by atoms with Gasteiger partial charge in [-0.05, 0) is 69.8 Å². The number of aliphatic hydroxyl groups excluding tert-OH is 2. The third-order valence-electron chi connectivity index (χ3n) is 7.06. The Morgan fingerprint density at radius 1 is 1.21 bits per heavy atom. The van der Waals surface area contributed by atoms with Gasteiger partial charge in [0.2, 0.25) is 0 Å². The van der Waals surface area contributed by atoms with Gasteiger partial charge in [-0.15, -0.1) is 0 Å². The van der Waals surface area contributed by atoms with Crippen LogP contribution in [0.4, 0.5) is 0 Å². The molecule has 24 heavy (non-hydrogen) atoms. The minimum atomic E-state index is -0.977. The highest BCUT2D eigenvalue weighted by Gasteiger charge is 2.60. The first-order valence-electron chi connectivity index (χ1n) is 9.44. The van der Waals surface area contributed by atoms with Crippen LogP contribution in [0.3, 0.4) is 0 Å². The zero-order valence-electron chi connectivity index (χ0n) is 15.1. The molecule has 134 valence electrons. The lowest BCUT2D eigenvalue weighted by atomic mass is 9.60. The van der Waals surface area contributed by atoms with Gasteiger partial charge >= 0.3 is 0 Å². The van der Waals surface area contributed by atoms with Gasteiger partial charge in [0.25, 0.3) is 0 Å². The maximum absolute atomic E-state index is 11.1. The molecule has 0 aromatic heterocycles. The second-order valence-corrected chi connectivity index (χ2v) is 8.40. The molecule has 0 saturated heterocycles. The second kappa shape index (κ2) is 6.44. The van der Waals surface area contributed by atoms with E-state index < -0.39 is 11.7 Å². The second-order valence-electron chi connectivity index (χ2n) is 8.40. The first kappa shape index (κ1) is 17.9. The summed E-state index contributed by atoms with van der Waals surface area (Å²) in [6.45, 7) is 8.02. The molecule has 3 fully saturated rings. The Morgan fingerprint density at radius 3 is 2.67 bits per heavy atom. The summed E-state index contributed by atoms with van der Waals surface area (Å²) in [5.74, 6) is 0.337. The van der Waals surface area contributed by atoms with Crippen molar-refractivity contribution in [1.82, 2.24) is 0 Å². The minimum Gasteiger partial charge on any atom is -0.393 e. The van der Waals surface area contributed by atoms with E-state index >= 15 is 0 Å². The largest absolute Gasteiger partial charge is 0.393 e. The predicted molar refractivity (Wildman–Crippen MR) is 96.5 cm³/mol. The zero-order chi connectivity index (χ0) is 17.5. The summed E-state index contributed by atoms with van der Waals surface area (Å²) in [7, 11) is 0. The molecule has 3 saturated carbocycles. The highest BCUT2D eigenvalue weighted by molar-refractivity contribution is 5.36. The maximum Gasteiger partial charge on any atom is 0.0961 e. The molecule has 3 aliphatic rings. The number of aliphatic hydroxyl groups is 3. The third kappa shape index (κ3) is 2.81. The van der Waals surface area contributed by atoms with E-state index in [1.165, 1.54) is 5.57 Å². The molecule has 0 spiro atoms. The Balaban J connectivity index is 1.86. The van der Waals surface area contributed by atoms with Crippen molar-refractivity contribution in [1.29, 1.82) is 0 Å². The fourth-order valence-electron chi connectivity index (χ4n) is 5.37. The first-order valence-corrected chi connectivity index (χ1v) is 9.44. The van der Waals surface area contributed by atoms with Crippen LogP contribution in [0.1, 0.15) is 65.2 Å². The van der Waals surface area contributed by atoms with E-state index in [0.717, 1.165) is 49.7 Å². The van der Waals surface area contributed by atoms with E-state index in [-0.39, 0.29) is 11.5 Å². The van der Waals surface area contributed by atoms with Crippen LogP contribution in [-0.4, -0.2) is 33.1 Å². The molecule has 3 heteroatoms. The van der Waals surface area contributed by atoms with Crippen molar-refractivity contribution in [3.63, 3.8) is 0 Å². The van der Waals surface area contributed by atoms with Crippen molar-refractivity contribution < 1.29 is 15.3 Å². The van der Waals surface area contributed by atoms with E-state index in [0.29, 0.717) is 18.8 Å². The smallest absolute Gasteiger partial charge is 0.0961 e. The highest BCUT2D eigenvalue weighted by atomic mass is 16.3. The lowest BCUT2D eigenvalue weighted by Crippen LogP contribution is -2.53. The summed E-state index contributed by atoms with van der Waals surface area (Å²) in [5.41, 5.74) is 2.47. The summed E-state index contributed by atoms with van der Waals surface area (Å²) >= 11 is 0. The molecule has 3 N–H and O–H groups in total. The van der Waals surface area contributed by atoms with Gasteiger partial charge in [-0.1, -0.05) is 36.8 Å². The van der Waals surface area contributed by atoms with E-state index in [1.807, 2.05) is 0 Å². The molecule has 0 radical (unpaired) electrons. The molecule has 0 unspecified atom stereocenters. The van der Waals surface area contributed by atoms with E-state index in [2.05, 4.69) is 25.7 Å². The monoisotopic (exact) mass is 332 g/mol. The molecule has 0 bridgehead atoms. The summed E-state index contributed by atoms with van der Waals surface area (Å²) in [5, 5.41) is 31.2. The maximum atomic E-state index is 11.1. The average Bonchev–Trinajstić information content (AvgIpc) is 2.82. The average molecular weight is 332 g/mol. The molecule has 3 nitrogen and oxygen atoms in total. The van der Waals surface area contributed by atoms with Gasteiger partial charge in [-0.25, -0.2) is 0 Å². The molecule has 3 rings (SSSR count). The van der Waals surface area contributed by atoms with Gasteiger partial charge in [0.1, 0.15) is 0 Å². The van der Waals surface area contributed by atoms with E-state index in [1.54, 1.807) is 6.92 Å². The Kier molecular flexibility index (Phi) is 4.80. The van der Waals surface area contributed by atoms with Crippen molar-refractivity contribution in [3.05, 3.63) is 35.5 Å². The fraction of sp³-hybridized carbons (Fsp3) is 0.714. The van der Waals surface area contributed by atoms with Gasteiger partial charge < -0.3 is 15.3 Å². The third-order valence-corrected chi connectivity index (χ3v) is 7.06. The van der Waals surface area contributed by atoms with Crippen LogP contribution in [0.25, 0.3) is 0 Å². The highest BCUT2D eigenvalue weighted by Crippen LogP contribution is 2.60. The molecule has 0 aromatic rings. The Bertz CT molecular complexity index is 574. The van der Waals surface area contributed by atoms with Crippen LogP contribution < -0.4 is 0 Å². The SMILES string of the molecule is C=C1CC[C@H](O)C/C1=C/C=C1\CCC[C@@]2(C)[C@H]1CC[C@]2(O)[C@H](C)O. The van der Waals surface area contributed by atoms with Crippen molar-refractivity contribution in [2.24, 2.45) is 11.3 Å². The Hall–Kier alpha value is -0.900. The van der Waals surface area contributed by atoms with E-state index in [9.17, 15) is 15.3 Å². The topological polar surface area (TPSA) is 60.7 Å². The molecular weight excluding hydrogens is 300 g/mol. The molecule has 5 atom stereocenters. The van der Waals surface area contributed by atoms with Gasteiger partial charge in [0.15, 0.2) is 0 Å². The summed E-state index contributed by atoms with van der Waals surface area (Å²) < 4.78 is 0. The van der Waals surface area contributed by atoms with Crippen molar-refractivity contribution in [2.75, 3.05) is 0 Å². The number of hydrogen-bond acceptors (Lipinski definition) is 3.